The molecule has 2 aromatic carbocycles. The number of rotatable bonds is 9. The summed E-state index contributed by atoms with van der Waals surface area (Å²) >= 11 is 3.24. The topological polar surface area (TPSA) is 94.6 Å². The lowest BCUT2D eigenvalue weighted by molar-refractivity contribution is -0.147. The largest absolute Gasteiger partial charge is 0.465 e. The van der Waals surface area contributed by atoms with Crippen molar-refractivity contribution in [2.45, 2.75) is 17.2 Å². The van der Waals surface area contributed by atoms with E-state index in [0.29, 0.717) is 17.7 Å². The summed E-state index contributed by atoms with van der Waals surface area (Å²) in [5.41, 5.74) is 1.86. The van der Waals surface area contributed by atoms with Crippen molar-refractivity contribution in [3.63, 3.8) is 0 Å². The Morgan fingerprint density at radius 3 is 2.60 bits per heavy atom. The number of esters is 2. The summed E-state index contributed by atoms with van der Waals surface area (Å²) in [6.45, 7) is -0.359. The third kappa shape index (κ3) is 6.30. The van der Waals surface area contributed by atoms with Crippen LogP contribution in [0.1, 0.15) is 23.2 Å². The summed E-state index contributed by atoms with van der Waals surface area (Å²) in [6, 6.07) is 14.2. The number of amides is 1. The molecule has 0 aliphatic rings. The van der Waals surface area contributed by atoms with Gasteiger partial charge in [-0.25, -0.2) is 9.78 Å². The molecule has 0 aliphatic carbocycles. The highest BCUT2D eigenvalue weighted by Gasteiger charge is 2.10. The molecule has 3 aromatic rings. The van der Waals surface area contributed by atoms with Gasteiger partial charge in [-0.15, -0.1) is 11.3 Å². The number of aromatic nitrogens is 1. The monoisotopic (exact) mass is 444 g/mol. The first-order valence-electron chi connectivity index (χ1n) is 9.17. The predicted molar refractivity (Wildman–Crippen MR) is 117 cm³/mol. The highest BCUT2D eigenvalue weighted by atomic mass is 32.2. The van der Waals surface area contributed by atoms with Crippen LogP contribution in [0, 0.1) is 0 Å². The van der Waals surface area contributed by atoms with Crippen LogP contribution in [-0.4, -0.2) is 42.3 Å². The first kappa shape index (κ1) is 21.8. The molecule has 7 nitrogen and oxygen atoms in total. The second kappa shape index (κ2) is 10.7. The van der Waals surface area contributed by atoms with Crippen LogP contribution in [0.5, 0.6) is 0 Å². The lowest BCUT2D eigenvalue weighted by atomic mass is 10.2. The quantitative estimate of drug-likeness (QED) is 0.301. The molecule has 0 saturated carbocycles. The number of nitrogens with zero attached hydrogens (tertiary/aromatic N) is 1. The standard InChI is InChI=1S/C21H20N2O5S2/c1-27-20(26)14-8-10-15(11-9-14)22-18(24)13-28-19(25)7-4-12-29-21-23-16-5-2-3-6-17(16)30-21/h2-3,5-6,8-11H,4,7,12-13H2,1H3,(H,22,24). The molecule has 0 bridgehead atoms. The fourth-order valence-corrected chi connectivity index (χ4v) is 4.59. The molecule has 0 fully saturated rings. The second-order valence-corrected chi connectivity index (χ2v) is 8.55. The Morgan fingerprint density at radius 2 is 1.87 bits per heavy atom. The maximum Gasteiger partial charge on any atom is 0.337 e. The summed E-state index contributed by atoms with van der Waals surface area (Å²) in [5, 5.41) is 2.60. The number of thioether (sulfide) groups is 1. The van der Waals surface area contributed by atoms with Crippen LogP contribution >= 0.6 is 23.1 Å². The molecule has 0 radical (unpaired) electrons. The van der Waals surface area contributed by atoms with Crippen molar-refractivity contribution in [2.75, 3.05) is 24.8 Å². The Kier molecular flexibility index (Phi) is 7.81. The van der Waals surface area contributed by atoms with Gasteiger partial charge in [-0.3, -0.25) is 9.59 Å². The van der Waals surface area contributed by atoms with Crippen LogP contribution < -0.4 is 5.32 Å². The molecule has 1 amide bonds. The van der Waals surface area contributed by atoms with Crippen molar-refractivity contribution in [3.05, 3.63) is 54.1 Å². The van der Waals surface area contributed by atoms with Crippen molar-refractivity contribution in [1.82, 2.24) is 4.98 Å². The van der Waals surface area contributed by atoms with Crippen LogP contribution in [0.3, 0.4) is 0 Å². The lowest BCUT2D eigenvalue weighted by Gasteiger charge is -2.07. The van der Waals surface area contributed by atoms with Gasteiger partial charge in [0.25, 0.3) is 5.91 Å². The maximum absolute atomic E-state index is 11.9. The van der Waals surface area contributed by atoms with E-state index in [2.05, 4.69) is 15.0 Å². The average molecular weight is 445 g/mol. The van der Waals surface area contributed by atoms with Gasteiger partial charge in [-0.1, -0.05) is 23.9 Å². The van der Waals surface area contributed by atoms with E-state index in [1.165, 1.54) is 19.2 Å². The molecule has 0 atom stereocenters. The van der Waals surface area contributed by atoms with Gasteiger partial charge in [0.2, 0.25) is 0 Å². The molecular formula is C21H20N2O5S2. The molecule has 9 heteroatoms. The predicted octanol–water partition coefficient (Wildman–Crippen LogP) is 4.14. The molecule has 1 aromatic heterocycles. The maximum atomic E-state index is 11.9. The van der Waals surface area contributed by atoms with Crippen LogP contribution in [0.2, 0.25) is 0 Å². The highest BCUT2D eigenvalue weighted by Crippen LogP contribution is 2.29. The zero-order valence-corrected chi connectivity index (χ0v) is 17.9. The van der Waals surface area contributed by atoms with Gasteiger partial charge in [-0.2, -0.15) is 0 Å². The van der Waals surface area contributed by atoms with Gasteiger partial charge < -0.3 is 14.8 Å². The number of carbonyl (C=O) groups is 3. The Hall–Kier alpha value is -2.91. The second-order valence-electron chi connectivity index (χ2n) is 6.18. The molecule has 3 rings (SSSR count). The average Bonchev–Trinajstić information content (AvgIpc) is 3.18. The number of nitrogens with one attached hydrogen (secondary N) is 1. The molecule has 1 heterocycles. The molecule has 0 unspecified atom stereocenters. The minimum Gasteiger partial charge on any atom is -0.465 e. The van der Waals surface area contributed by atoms with Gasteiger partial charge in [0.05, 0.1) is 22.9 Å². The van der Waals surface area contributed by atoms with Crippen LogP contribution in [0.15, 0.2) is 52.9 Å². The molecule has 0 saturated heterocycles. The van der Waals surface area contributed by atoms with E-state index in [1.54, 1.807) is 35.2 Å². The van der Waals surface area contributed by atoms with Crippen LogP contribution in [-0.2, 0) is 19.1 Å². The van der Waals surface area contributed by atoms with Crippen LogP contribution in [0.4, 0.5) is 5.69 Å². The molecule has 1 N–H and O–H groups in total. The smallest absolute Gasteiger partial charge is 0.337 e. The number of thiazole rings is 1. The highest BCUT2D eigenvalue weighted by molar-refractivity contribution is 8.01. The molecule has 0 spiro atoms. The van der Waals surface area contributed by atoms with E-state index >= 15 is 0 Å². The Labute approximate surface area is 181 Å². The molecule has 156 valence electrons. The van der Waals surface area contributed by atoms with Gasteiger partial charge in [0, 0.05) is 17.9 Å². The number of fused-ring (bicyclic) bond motifs is 1. The van der Waals surface area contributed by atoms with Crippen LogP contribution in [0.25, 0.3) is 10.2 Å². The fourth-order valence-electron chi connectivity index (χ4n) is 2.51. The van der Waals surface area contributed by atoms with Crippen molar-refractivity contribution in [1.29, 1.82) is 0 Å². The minimum absolute atomic E-state index is 0.235. The molecule has 30 heavy (non-hydrogen) atoms. The van der Waals surface area contributed by atoms with Crippen molar-refractivity contribution < 1.29 is 23.9 Å². The summed E-state index contributed by atoms with van der Waals surface area (Å²) in [7, 11) is 1.30. The summed E-state index contributed by atoms with van der Waals surface area (Å²) < 4.78 is 11.7. The third-order valence-corrected chi connectivity index (χ3v) is 6.24. The first-order chi connectivity index (χ1) is 14.5. The van der Waals surface area contributed by atoms with Crippen molar-refractivity contribution in [3.8, 4) is 0 Å². The van der Waals surface area contributed by atoms with E-state index < -0.39 is 17.8 Å². The van der Waals surface area contributed by atoms with E-state index in [-0.39, 0.29) is 13.0 Å². The Morgan fingerprint density at radius 1 is 1.10 bits per heavy atom. The molecule has 0 aliphatic heterocycles. The Balaban J connectivity index is 1.33. The lowest BCUT2D eigenvalue weighted by Crippen LogP contribution is -2.20. The van der Waals surface area contributed by atoms with Gasteiger partial charge in [-0.05, 0) is 42.8 Å². The van der Waals surface area contributed by atoms with Gasteiger partial charge >= 0.3 is 11.9 Å². The number of hydrogen-bond acceptors (Lipinski definition) is 8. The number of anilines is 1. The number of carbonyl (C=O) groups excluding carboxylic acids is 3. The number of benzene rings is 2. The fraction of sp³-hybridized carbons (Fsp3) is 0.238. The summed E-state index contributed by atoms with van der Waals surface area (Å²) in [6.07, 6.45) is 0.870. The summed E-state index contributed by atoms with van der Waals surface area (Å²) in [5.74, 6) is -0.578. The minimum atomic E-state index is -0.455. The number of ether oxygens (including phenoxy) is 2. The first-order valence-corrected chi connectivity index (χ1v) is 11.0. The third-order valence-electron chi connectivity index (χ3n) is 3.98. The Bertz CT molecular complexity index is 1000. The van der Waals surface area contributed by atoms with E-state index in [9.17, 15) is 14.4 Å². The van der Waals surface area contributed by atoms with E-state index in [0.717, 1.165) is 20.3 Å². The van der Waals surface area contributed by atoms with E-state index in [4.69, 9.17) is 4.74 Å². The summed E-state index contributed by atoms with van der Waals surface area (Å²) in [4.78, 5) is 39.6. The molecular weight excluding hydrogens is 424 g/mol. The normalized spacial score (nSPS) is 10.6. The number of methoxy groups -OCH3 is 1. The van der Waals surface area contributed by atoms with Gasteiger partial charge in [0.15, 0.2) is 10.9 Å². The van der Waals surface area contributed by atoms with E-state index in [1.807, 2.05) is 24.3 Å². The van der Waals surface area contributed by atoms with Crippen molar-refractivity contribution >= 4 is 56.8 Å². The SMILES string of the molecule is COC(=O)c1ccc(NC(=O)COC(=O)CCCSc2nc3ccccc3s2)cc1. The van der Waals surface area contributed by atoms with Gasteiger partial charge in [0.1, 0.15) is 0 Å². The zero-order valence-electron chi connectivity index (χ0n) is 16.3. The zero-order chi connectivity index (χ0) is 21.3. The number of hydrogen-bond donors (Lipinski definition) is 1. The van der Waals surface area contributed by atoms with Crippen molar-refractivity contribution in [2.24, 2.45) is 0 Å². The number of para-hydroxylation sites is 1.